The molecule has 0 aromatic heterocycles. The topological polar surface area (TPSA) is 67.8 Å². The molecule has 76 valence electrons. The third-order valence-electron chi connectivity index (χ3n) is 1.81. The summed E-state index contributed by atoms with van der Waals surface area (Å²) in [6.07, 6.45) is -0.430. The molecule has 5 heteroatoms. The molecule has 1 atom stereocenters. The highest BCUT2D eigenvalue weighted by molar-refractivity contribution is 5.65. The molecule has 0 spiro atoms. The fourth-order valence-electron chi connectivity index (χ4n) is 1.14. The number of aliphatic carboxylic acids is 1. The Morgan fingerprint density at radius 2 is 2.14 bits per heavy atom. The fourth-order valence-corrected chi connectivity index (χ4v) is 1.14. The summed E-state index contributed by atoms with van der Waals surface area (Å²) in [5.41, 5.74) is 3.38. The average Bonchev–Trinajstić information content (AvgIpc) is 2.08. The summed E-state index contributed by atoms with van der Waals surface area (Å²) < 4.78 is 25.7. The minimum absolute atomic E-state index is 0.0470. The summed E-state index contributed by atoms with van der Waals surface area (Å²) in [6, 6.07) is 2.01. The first-order chi connectivity index (χ1) is 6.50. The van der Waals surface area contributed by atoms with E-state index < -0.39 is 30.1 Å². The standard InChI is InChI=1S/C9H9F2NO2/c10-5-1-2-7(11)6(3-5)8(12)4-9(13)14/h1-3,8H,4,12H2,(H,13,14)/t8-/m1/s1. The van der Waals surface area contributed by atoms with Gasteiger partial charge in [-0.05, 0) is 18.2 Å². The van der Waals surface area contributed by atoms with Crippen LogP contribution in [-0.4, -0.2) is 5.97 Å². The van der Waals surface area contributed by atoms with E-state index in [9.17, 15) is 18.7 Å². The number of carboxylic acid groups (broad SMARTS) is 1. The summed E-state index contributed by atoms with van der Waals surface area (Å²) in [6.45, 7) is 0. The predicted octanol–water partition coefficient (Wildman–Crippen LogP) is -0.612. The van der Waals surface area contributed by atoms with Crippen molar-refractivity contribution in [2.45, 2.75) is 12.5 Å². The van der Waals surface area contributed by atoms with Gasteiger partial charge in [-0.1, -0.05) is 0 Å². The summed E-state index contributed by atoms with van der Waals surface area (Å²) in [7, 11) is 0. The molecule has 3 N–H and O–H groups in total. The van der Waals surface area contributed by atoms with E-state index in [1.54, 1.807) is 0 Å². The number of hydrogen-bond donors (Lipinski definition) is 1. The molecule has 0 bridgehead atoms. The van der Waals surface area contributed by atoms with Crippen LogP contribution in [0.2, 0.25) is 0 Å². The molecule has 0 aliphatic rings. The first-order valence-electron chi connectivity index (χ1n) is 3.98. The van der Waals surface area contributed by atoms with Gasteiger partial charge in [-0.15, -0.1) is 0 Å². The van der Waals surface area contributed by atoms with Crippen LogP contribution < -0.4 is 10.8 Å². The number of quaternary nitrogens is 1. The number of halogens is 2. The van der Waals surface area contributed by atoms with Gasteiger partial charge in [-0.2, -0.15) is 0 Å². The number of benzene rings is 1. The number of rotatable bonds is 3. The molecule has 0 aliphatic carbocycles. The van der Waals surface area contributed by atoms with E-state index in [0.717, 1.165) is 18.2 Å². The van der Waals surface area contributed by atoms with Crippen molar-refractivity contribution in [3.8, 4) is 0 Å². The molecule has 0 saturated carbocycles. The van der Waals surface area contributed by atoms with Gasteiger partial charge in [0, 0.05) is 18.0 Å². The maximum atomic E-state index is 13.1. The Morgan fingerprint density at radius 1 is 1.50 bits per heavy atom. The monoisotopic (exact) mass is 201 g/mol. The Bertz CT molecular complexity index is 355. The average molecular weight is 201 g/mol. The van der Waals surface area contributed by atoms with Crippen molar-refractivity contribution in [2.75, 3.05) is 0 Å². The summed E-state index contributed by atoms with van der Waals surface area (Å²) in [5, 5.41) is 10.2. The molecular weight excluding hydrogens is 192 g/mol. The lowest BCUT2D eigenvalue weighted by atomic mass is 10.0. The van der Waals surface area contributed by atoms with Gasteiger partial charge in [0.2, 0.25) is 0 Å². The summed E-state index contributed by atoms with van der Waals surface area (Å²) in [4.78, 5) is 10.2. The first kappa shape index (κ1) is 10.6. The zero-order chi connectivity index (χ0) is 10.7. The second kappa shape index (κ2) is 4.15. The van der Waals surface area contributed by atoms with Crippen molar-refractivity contribution in [2.24, 2.45) is 0 Å². The maximum Gasteiger partial charge on any atom is 0.132 e. The normalized spacial score (nSPS) is 12.5. The van der Waals surface area contributed by atoms with E-state index in [0.29, 0.717) is 0 Å². The Kier molecular flexibility index (Phi) is 3.14. The molecule has 0 saturated heterocycles. The summed E-state index contributed by atoms with van der Waals surface area (Å²) >= 11 is 0. The number of carbonyl (C=O) groups excluding carboxylic acids is 1. The lowest BCUT2D eigenvalue weighted by Gasteiger charge is -2.10. The molecule has 1 rings (SSSR count). The molecule has 0 fully saturated rings. The zero-order valence-corrected chi connectivity index (χ0v) is 7.30. The molecule has 0 amide bonds. The van der Waals surface area contributed by atoms with Crippen molar-refractivity contribution in [1.29, 1.82) is 0 Å². The van der Waals surface area contributed by atoms with Crippen LogP contribution in [0.4, 0.5) is 8.78 Å². The second-order valence-electron chi connectivity index (χ2n) is 2.94. The molecule has 14 heavy (non-hydrogen) atoms. The predicted molar refractivity (Wildman–Crippen MR) is 41.6 cm³/mol. The van der Waals surface area contributed by atoms with Gasteiger partial charge in [0.15, 0.2) is 0 Å². The van der Waals surface area contributed by atoms with E-state index in [-0.39, 0.29) is 5.56 Å². The summed E-state index contributed by atoms with van der Waals surface area (Å²) in [5.74, 6) is -2.62. The maximum absolute atomic E-state index is 13.1. The SMILES string of the molecule is [NH3+][C@H](CC(=O)[O-])c1cc(F)ccc1F. The highest BCUT2D eigenvalue weighted by atomic mass is 19.1. The van der Waals surface area contributed by atoms with Gasteiger partial charge < -0.3 is 15.6 Å². The van der Waals surface area contributed by atoms with Gasteiger partial charge in [0.05, 0.1) is 0 Å². The van der Waals surface area contributed by atoms with Gasteiger partial charge in [0.25, 0.3) is 0 Å². The van der Waals surface area contributed by atoms with Gasteiger partial charge >= 0.3 is 0 Å². The highest BCUT2D eigenvalue weighted by Crippen LogP contribution is 2.17. The van der Waals surface area contributed by atoms with E-state index in [1.807, 2.05) is 0 Å². The van der Waals surface area contributed by atoms with Crippen LogP contribution in [-0.2, 0) is 4.79 Å². The molecule has 0 heterocycles. The van der Waals surface area contributed by atoms with Crippen LogP contribution in [0.15, 0.2) is 18.2 Å². The third kappa shape index (κ3) is 2.50. The minimum Gasteiger partial charge on any atom is -0.550 e. The van der Waals surface area contributed by atoms with Crippen molar-refractivity contribution in [3.05, 3.63) is 35.4 Å². The van der Waals surface area contributed by atoms with Crippen LogP contribution in [0.25, 0.3) is 0 Å². The van der Waals surface area contributed by atoms with Crippen molar-refractivity contribution in [3.63, 3.8) is 0 Å². The Morgan fingerprint density at radius 3 is 2.71 bits per heavy atom. The molecule has 3 nitrogen and oxygen atoms in total. The number of hydrogen-bond acceptors (Lipinski definition) is 2. The second-order valence-corrected chi connectivity index (χ2v) is 2.94. The van der Waals surface area contributed by atoms with Crippen molar-refractivity contribution in [1.82, 2.24) is 0 Å². The lowest BCUT2D eigenvalue weighted by molar-refractivity contribution is -0.431. The highest BCUT2D eigenvalue weighted by Gasteiger charge is 2.15. The van der Waals surface area contributed by atoms with E-state index in [1.165, 1.54) is 0 Å². The smallest absolute Gasteiger partial charge is 0.132 e. The van der Waals surface area contributed by atoms with E-state index in [4.69, 9.17) is 0 Å². The van der Waals surface area contributed by atoms with Gasteiger partial charge in [0.1, 0.15) is 17.7 Å². The lowest BCUT2D eigenvalue weighted by Crippen LogP contribution is -2.55. The molecule has 1 aromatic carbocycles. The quantitative estimate of drug-likeness (QED) is 0.708. The Balaban J connectivity index is 2.93. The molecule has 0 aliphatic heterocycles. The van der Waals surface area contributed by atoms with Crippen LogP contribution in [0.5, 0.6) is 0 Å². The van der Waals surface area contributed by atoms with Crippen LogP contribution in [0, 0.1) is 11.6 Å². The largest absolute Gasteiger partial charge is 0.550 e. The van der Waals surface area contributed by atoms with E-state index >= 15 is 0 Å². The van der Waals surface area contributed by atoms with Gasteiger partial charge in [-0.3, -0.25) is 0 Å². The Hall–Kier alpha value is -1.49. The zero-order valence-electron chi connectivity index (χ0n) is 7.30. The molecule has 0 radical (unpaired) electrons. The molecule has 1 aromatic rings. The molecule has 0 unspecified atom stereocenters. The van der Waals surface area contributed by atoms with Crippen LogP contribution in [0.3, 0.4) is 0 Å². The van der Waals surface area contributed by atoms with Crippen LogP contribution >= 0.6 is 0 Å². The van der Waals surface area contributed by atoms with E-state index in [2.05, 4.69) is 5.73 Å². The van der Waals surface area contributed by atoms with Crippen LogP contribution in [0.1, 0.15) is 18.0 Å². The Labute approximate surface area is 79.2 Å². The fraction of sp³-hybridized carbons (Fsp3) is 0.222. The first-order valence-corrected chi connectivity index (χ1v) is 3.98. The number of carbonyl (C=O) groups is 1. The van der Waals surface area contributed by atoms with Crippen molar-refractivity contribution >= 4 is 5.97 Å². The van der Waals surface area contributed by atoms with Gasteiger partial charge in [-0.25, -0.2) is 8.78 Å². The minimum atomic E-state index is -1.34. The molecular formula is C9H9F2NO2. The van der Waals surface area contributed by atoms with Crippen molar-refractivity contribution < 1.29 is 24.4 Å². The number of carboxylic acids is 1. The third-order valence-corrected chi connectivity index (χ3v) is 1.81.